The van der Waals surface area contributed by atoms with Crippen LogP contribution in [0.2, 0.25) is 0 Å². The van der Waals surface area contributed by atoms with Gasteiger partial charge in [0.15, 0.2) is 0 Å². The van der Waals surface area contributed by atoms with E-state index in [4.69, 9.17) is 5.73 Å². The van der Waals surface area contributed by atoms with Crippen molar-refractivity contribution in [3.05, 3.63) is 29.3 Å². The number of nitrogens with one attached hydrogen (secondary N) is 1. The van der Waals surface area contributed by atoms with Gasteiger partial charge in [-0.15, -0.1) is 0 Å². The van der Waals surface area contributed by atoms with Gasteiger partial charge in [0.1, 0.15) is 0 Å². The van der Waals surface area contributed by atoms with E-state index < -0.39 is 0 Å². The van der Waals surface area contributed by atoms with Gasteiger partial charge in [-0.2, -0.15) is 0 Å². The molecule has 0 aliphatic rings. The second kappa shape index (κ2) is 7.29. The Balaban J connectivity index is 2.84. The quantitative estimate of drug-likeness (QED) is 0.839. The third kappa shape index (κ3) is 4.23. The van der Waals surface area contributed by atoms with Gasteiger partial charge in [-0.05, 0) is 43.0 Å². The van der Waals surface area contributed by atoms with Crippen LogP contribution in [0.4, 0.5) is 5.69 Å². The zero-order valence-electron chi connectivity index (χ0n) is 13.2. The lowest BCUT2D eigenvalue weighted by atomic mass is 9.96. The lowest BCUT2D eigenvalue weighted by molar-refractivity contribution is 0.0827. The topological polar surface area (TPSA) is 58.4 Å². The molecule has 112 valence electrons. The second-order valence-corrected chi connectivity index (χ2v) is 5.85. The number of carbonyl (C=O) groups excluding carboxylic acids is 1. The molecule has 0 fully saturated rings. The van der Waals surface area contributed by atoms with Crippen LogP contribution in [0.3, 0.4) is 0 Å². The molecule has 4 heteroatoms. The van der Waals surface area contributed by atoms with Crippen LogP contribution in [0.1, 0.15) is 29.8 Å². The highest BCUT2D eigenvalue weighted by Gasteiger charge is 2.13. The van der Waals surface area contributed by atoms with E-state index in [1.54, 1.807) is 19.0 Å². The van der Waals surface area contributed by atoms with Gasteiger partial charge in [-0.3, -0.25) is 4.79 Å². The average molecular weight is 277 g/mol. The number of nitrogens with zero attached hydrogens (tertiary/aromatic N) is 1. The van der Waals surface area contributed by atoms with Crippen LogP contribution >= 0.6 is 0 Å². The Hall–Kier alpha value is -1.55. The first-order chi connectivity index (χ1) is 9.36. The fraction of sp³-hybridized carbons (Fsp3) is 0.562. The van der Waals surface area contributed by atoms with Crippen molar-refractivity contribution < 1.29 is 4.79 Å². The number of amides is 1. The van der Waals surface area contributed by atoms with Crippen LogP contribution in [0.5, 0.6) is 0 Å². The summed E-state index contributed by atoms with van der Waals surface area (Å²) in [5.74, 6) is 0.995. The molecule has 0 aromatic heterocycles. The molecular weight excluding hydrogens is 250 g/mol. The lowest BCUT2D eigenvalue weighted by Gasteiger charge is -2.21. The summed E-state index contributed by atoms with van der Waals surface area (Å²) in [6.07, 6.45) is 0. The molecule has 0 bridgehead atoms. The molecule has 0 heterocycles. The monoisotopic (exact) mass is 277 g/mol. The summed E-state index contributed by atoms with van der Waals surface area (Å²) >= 11 is 0. The van der Waals surface area contributed by atoms with Crippen LogP contribution in [0, 0.1) is 18.8 Å². The Kier molecular flexibility index (Phi) is 6.02. The SMILES string of the molecule is Cc1ccc(C(=O)N(C)C)cc1NCC(CN)C(C)C. The Morgan fingerprint density at radius 3 is 2.50 bits per heavy atom. The van der Waals surface area contributed by atoms with E-state index in [9.17, 15) is 4.79 Å². The normalized spacial score (nSPS) is 12.3. The lowest BCUT2D eigenvalue weighted by Crippen LogP contribution is -2.27. The fourth-order valence-corrected chi connectivity index (χ4v) is 2.04. The number of rotatable bonds is 6. The molecule has 0 saturated carbocycles. The maximum absolute atomic E-state index is 12.0. The van der Waals surface area contributed by atoms with Gasteiger partial charge in [0.05, 0.1) is 0 Å². The Morgan fingerprint density at radius 2 is 2.00 bits per heavy atom. The van der Waals surface area contributed by atoms with Crippen LogP contribution in [-0.2, 0) is 0 Å². The minimum Gasteiger partial charge on any atom is -0.384 e. The van der Waals surface area contributed by atoms with E-state index >= 15 is 0 Å². The molecule has 0 saturated heterocycles. The number of benzene rings is 1. The zero-order valence-corrected chi connectivity index (χ0v) is 13.2. The molecule has 0 radical (unpaired) electrons. The molecule has 1 aromatic rings. The summed E-state index contributed by atoms with van der Waals surface area (Å²) in [5.41, 5.74) is 8.65. The van der Waals surface area contributed by atoms with Crippen molar-refractivity contribution in [2.75, 3.05) is 32.5 Å². The van der Waals surface area contributed by atoms with Crippen molar-refractivity contribution in [2.45, 2.75) is 20.8 Å². The zero-order chi connectivity index (χ0) is 15.3. The summed E-state index contributed by atoms with van der Waals surface area (Å²) in [4.78, 5) is 13.6. The minimum atomic E-state index is 0.0206. The molecule has 20 heavy (non-hydrogen) atoms. The van der Waals surface area contributed by atoms with E-state index in [1.807, 2.05) is 25.1 Å². The third-order valence-electron chi connectivity index (χ3n) is 3.69. The number of anilines is 1. The van der Waals surface area contributed by atoms with E-state index in [0.29, 0.717) is 23.9 Å². The molecule has 1 rings (SSSR count). The average Bonchev–Trinajstić information content (AvgIpc) is 2.40. The molecule has 0 aliphatic carbocycles. The summed E-state index contributed by atoms with van der Waals surface area (Å²) in [7, 11) is 3.52. The maximum atomic E-state index is 12.0. The molecule has 1 atom stereocenters. The fourth-order valence-electron chi connectivity index (χ4n) is 2.04. The van der Waals surface area contributed by atoms with E-state index in [2.05, 4.69) is 19.2 Å². The summed E-state index contributed by atoms with van der Waals surface area (Å²) in [6, 6.07) is 5.77. The predicted molar refractivity (Wildman–Crippen MR) is 85.1 cm³/mol. The van der Waals surface area contributed by atoms with Gasteiger partial charge in [0.25, 0.3) is 5.91 Å². The highest BCUT2D eigenvalue weighted by atomic mass is 16.2. The highest BCUT2D eigenvalue weighted by molar-refractivity contribution is 5.95. The van der Waals surface area contributed by atoms with Crippen molar-refractivity contribution in [3.63, 3.8) is 0 Å². The van der Waals surface area contributed by atoms with E-state index in [-0.39, 0.29) is 5.91 Å². The van der Waals surface area contributed by atoms with Crippen molar-refractivity contribution in [1.29, 1.82) is 0 Å². The Bertz CT molecular complexity index is 455. The van der Waals surface area contributed by atoms with E-state index in [1.165, 1.54) is 0 Å². The number of hydrogen-bond donors (Lipinski definition) is 2. The summed E-state index contributed by atoms with van der Waals surface area (Å²) in [6.45, 7) is 7.89. The molecule has 1 unspecified atom stereocenters. The number of hydrogen-bond acceptors (Lipinski definition) is 3. The standard InChI is InChI=1S/C16H27N3O/c1-11(2)14(9-17)10-18-15-8-13(7-6-12(15)3)16(20)19(4)5/h6-8,11,14,18H,9-10,17H2,1-5H3. The summed E-state index contributed by atoms with van der Waals surface area (Å²) in [5, 5.41) is 3.43. The molecule has 1 amide bonds. The number of carbonyl (C=O) groups is 1. The van der Waals surface area contributed by atoms with Crippen molar-refractivity contribution in [1.82, 2.24) is 4.90 Å². The van der Waals surface area contributed by atoms with Gasteiger partial charge in [-0.25, -0.2) is 0 Å². The van der Waals surface area contributed by atoms with Gasteiger partial charge in [0, 0.05) is 31.9 Å². The smallest absolute Gasteiger partial charge is 0.253 e. The molecule has 4 nitrogen and oxygen atoms in total. The number of aryl methyl sites for hydroxylation is 1. The second-order valence-electron chi connectivity index (χ2n) is 5.85. The third-order valence-corrected chi connectivity index (χ3v) is 3.69. The Labute approximate surface area is 122 Å². The van der Waals surface area contributed by atoms with Gasteiger partial charge in [0.2, 0.25) is 0 Å². The maximum Gasteiger partial charge on any atom is 0.253 e. The Morgan fingerprint density at radius 1 is 1.35 bits per heavy atom. The first-order valence-electron chi connectivity index (χ1n) is 7.13. The predicted octanol–water partition coefficient (Wildman–Crippen LogP) is 2.34. The molecule has 0 aliphatic heterocycles. The molecular formula is C16H27N3O. The molecule has 3 N–H and O–H groups in total. The largest absolute Gasteiger partial charge is 0.384 e. The van der Waals surface area contributed by atoms with Gasteiger partial charge < -0.3 is 16.0 Å². The van der Waals surface area contributed by atoms with Crippen molar-refractivity contribution in [3.8, 4) is 0 Å². The minimum absolute atomic E-state index is 0.0206. The number of nitrogens with two attached hydrogens (primary N) is 1. The summed E-state index contributed by atoms with van der Waals surface area (Å²) < 4.78 is 0. The highest BCUT2D eigenvalue weighted by Crippen LogP contribution is 2.19. The first-order valence-corrected chi connectivity index (χ1v) is 7.13. The van der Waals surface area contributed by atoms with Crippen LogP contribution < -0.4 is 11.1 Å². The molecule has 1 aromatic carbocycles. The van der Waals surface area contributed by atoms with Gasteiger partial charge >= 0.3 is 0 Å². The van der Waals surface area contributed by atoms with Crippen molar-refractivity contribution in [2.24, 2.45) is 17.6 Å². The van der Waals surface area contributed by atoms with Crippen LogP contribution in [0.15, 0.2) is 18.2 Å². The first kappa shape index (κ1) is 16.5. The van der Waals surface area contributed by atoms with E-state index in [0.717, 1.165) is 17.8 Å². The molecule has 0 spiro atoms. The van der Waals surface area contributed by atoms with Crippen LogP contribution in [0.25, 0.3) is 0 Å². The van der Waals surface area contributed by atoms with Crippen molar-refractivity contribution >= 4 is 11.6 Å². The van der Waals surface area contributed by atoms with Crippen LogP contribution in [-0.4, -0.2) is 38.0 Å². The van der Waals surface area contributed by atoms with Gasteiger partial charge in [-0.1, -0.05) is 19.9 Å².